The summed E-state index contributed by atoms with van der Waals surface area (Å²) in [5.74, 6) is 0.650. The van der Waals surface area contributed by atoms with Crippen LogP contribution in [0.25, 0.3) is 0 Å². The Morgan fingerprint density at radius 2 is 1.95 bits per heavy atom. The van der Waals surface area contributed by atoms with Crippen LogP contribution in [0.3, 0.4) is 0 Å². The molecule has 0 saturated carbocycles. The number of nitrogens with zero attached hydrogens (tertiary/aromatic N) is 1. The summed E-state index contributed by atoms with van der Waals surface area (Å²) in [7, 11) is 0. The topological polar surface area (TPSA) is 59.0 Å². The van der Waals surface area contributed by atoms with E-state index in [1.807, 2.05) is 30.3 Å². The van der Waals surface area contributed by atoms with E-state index < -0.39 is 0 Å². The molecule has 0 aliphatic rings. The summed E-state index contributed by atoms with van der Waals surface area (Å²) in [6.07, 6.45) is -0.220. The molecule has 0 bridgehead atoms. The Morgan fingerprint density at radius 1 is 1.21 bits per heavy atom. The van der Waals surface area contributed by atoms with Gasteiger partial charge in [0.2, 0.25) is 0 Å². The molecule has 0 spiro atoms. The molecule has 0 heterocycles. The van der Waals surface area contributed by atoms with Crippen LogP contribution in [0.5, 0.6) is 5.75 Å². The lowest BCUT2D eigenvalue weighted by atomic mass is 10.1. The standard InChI is InChI=1S/C15H13BrN2O/c16-13-6-4-12(5-7-13)15(10-18)19-14-3-1-2-11(8-14)9-17/h1-8,15H,10,18H2. The lowest BCUT2D eigenvalue weighted by Crippen LogP contribution is -2.18. The Morgan fingerprint density at radius 3 is 2.58 bits per heavy atom. The second-order valence-corrected chi connectivity index (χ2v) is 4.95. The molecular weight excluding hydrogens is 304 g/mol. The Bertz CT molecular complexity index is 590. The van der Waals surface area contributed by atoms with Crippen LogP contribution in [0, 0.1) is 11.3 Å². The van der Waals surface area contributed by atoms with Gasteiger partial charge in [-0.25, -0.2) is 0 Å². The van der Waals surface area contributed by atoms with Gasteiger partial charge in [-0.05, 0) is 35.9 Å². The van der Waals surface area contributed by atoms with Crippen molar-refractivity contribution < 1.29 is 4.74 Å². The summed E-state index contributed by atoms with van der Waals surface area (Å²) in [5.41, 5.74) is 7.34. The highest BCUT2D eigenvalue weighted by Gasteiger charge is 2.11. The zero-order valence-corrected chi connectivity index (χ0v) is 11.8. The summed E-state index contributed by atoms with van der Waals surface area (Å²) < 4.78 is 6.85. The van der Waals surface area contributed by atoms with E-state index in [4.69, 9.17) is 15.7 Å². The molecule has 2 rings (SSSR count). The second-order valence-electron chi connectivity index (χ2n) is 4.03. The van der Waals surface area contributed by atoms with E-state index in [0.717, 1.165) is 10.0 Å². The minimum absolute atomic E-state index is 0.220. The predicted octanol–water partition coefficient (Wildman–Crippen LogP) is 3.40. The second kappa shape index (κ2) is 6.37. The van der Waals surface area contributed by atoms with Crippen LogP contribution in [-0.2, 0) is 0 Å². The monoisotopic (exact) mass is 316 g/mol. The minimum Gasteiger partial charge on any atom is -0.484 e. The van der Waals surface area contributed by atoms with E-state index in [1.54, 1.807) is 18.2 Å². The number of hydrogen-bond donors (Lipinski definition) is 1. The van der Waals surface area contributed by atoms with Crippen molar-refractivity contribution >= 4 is 15.9 Å². The molecule has 2 N–H and O–H groups in total. The van der Waals surface area contributed by atoms with Gasteiger partial charge >= 0.3 is 0 Å². The number of rotatable bonds is 4. The van der Waals surface area contributed by atoms with Crippen LogP contribution in [0.4, 0.5) is 0 Å². The largest absolute Gasteiger partial charge is 0.484 e. The maximum absolute atomic E-state index is 8.87. The molecule has 3 nitrogen and oxygen atoms in total. The van der Waals surface area contributed by atoms with Crippen molar-refractivity contribution in [1.82, 2.24) is 0 Å². The first-order valence-corrected chi connectivity index (χ1v) is 6.64. The Hall–Kier alpha value is -1.83. The average molecular weight is 317 g/mol. The minimum atomic E-state index is -0.220. The highest BCUT2D eigenvalue weighted by molar-refractivity contribution is 9.10. The number of halogens is 1. The Balaban J connectivity index is 2.19. The molecule has 96 valence electrons. The molecule has 1 atom stereocenters. The summed E-state index contributed by atoms with van der Waals surface area (Å²) in [5, 5.41) is 8.87. The summed E-state index contributed by atoms with van der Waals surface area (Å²) >= 11 is 3.39. The van der Waals surface area contributed by atoms with E-state index in [9.17, 15) is 0 Å². The van der Waals surface area contributed by atoms with Crippen LogP contribution in [0.1, 0.15) is 17.2 Å². The molecule has 0 aliphatic carbocycles. The van der Waals surface area contributed by atoms with Gasteiger partial charge in [0.1, 0.15) is 11.9 Å². The van der Waals surface area contributed by atoms with E-state index in [-0.39, 0.29) is 6.10 Å². The SMILES string of the molecule is N#Cc1cccc(OC(CN)c2ccc(Br)cc2)c1. The molecule has 0 saturated heterocycles. The Kier molecular flexibility index (Phi) is 4.56. The molecule has 4 heteroatoms. The van der Waals surface area contributed by atoms with Crippen molar-refractivity contribution in [1.29, 1.82) is 5.26 Å². The molecule has 0 radical (unpaired) electrons. The molecule has 0 amide bonds. The van der Waals surface area contributed by atoms with Crippen LogP contribution >= 0.6 is 15.9 Å². The van der Waals surface area contributed by atoms with Crippen molar-refractivity contribution in [3.8, 4) is 11.8 Å². The predicted molar refractivity (Wildman–Crippen MR) is 77.7 cm³/mol. The lowest BCUT2D eigenvalue weighted by molar-refractivity contribution is 0.214. The van der Waals surface area contributed by atoms with E-state index in [1.165, 1.54) is 0 Å². The van der Waals surface area contributed by atoms with E-state index in [2.05, 4.69) is 22.0 Å². The van der Waals surface area contributed by atoms with Gasteiger partial charge in [0.15, 0.2) is 0 Å². The van der Waals surface area contributed by atoms with Gasteiger partial charge in [-0.3, -0.25) is 0 Å². The van der Waals surface area contributed by atoms with E-state index in [0.29, 0.717) is 17.9 Å². The molecule has 0 aromatic heterocycles. The molecule has 2 aromatic rings. The van der Waals surface area contributed by atoms with Gasteiger partial charge < -0.3 is 10.5 Å². The summed E-state index contributed by atoms with van der Waals surface area (Å²) in [6, 6.07) is 17.0. The zero-order chi connectivity index (χ0) is 13.7. The number of hydrogen-bond acceptors (Lipinski definition) is 3. The van der Waals surface area contributed by atoms with Crippen LogP contribution in [-0.4, -0.2) is 6.54 Å². The smallest absolute Gasteiger partial charge is 0.136 e. The average Bonchev–Trinajstić information content (AvgIpc) is 2.46. The van der Waals surface area contributed by atoms with Gasteiger partial charge in [0.05, 0.1) is 11.6 Å². The van der Waals surface area contributed by atoms with Crippen molar-refractivity contribution in [2.75, 3.05) is 6.54 Å². The van der Waals surface area contributed by atoms with E-state index >= 15 is 0 Å². The maximum atomic E-state index is 8.87. The molecule has 2 aromatic carbocycles. The molecule has 1 unspecified atom stereocenters. The highest BCUT2D eigenvalue weighted by atomic mass is 79.9. The van der Waals surface area contributed by atoms with Gasteiger partial charge in [0, 0.05) is 11.0 Å². The van der Waals surface area contributed by atoms with Crippen LogP contribution in [0.2, 0.25) is 0 Å². The fourth-order valence-electron chi connectivity index (χ4n) is 1.73. The third-order valence-corrected chi connectivity index (χ3v) is 3.23. The number of benzene rings is 2. The molecule has 0 fully saturated rings. The quantitative estimate of drug-likeness (QED) is 0.940. The van der Waals surface area contributed by atoms with Crippen molar-refractivity contribution in [2.45, 2.75) is 6.10 Å². The first kappa shape index (κ1) is 13.6. The summed E-state index contributed by atoms with van der Waals surface area (Å²) in [6.45, 7) is 0.373. The third kappa shape index (κ3) is 3.57. The molecular formula is C15H13BrN2O. The zero-order valence-electron chi connectivity index (χ0n) is 10.2. The van der Waals surface area contributed by atoms with Gasteiger partial charge in [-0.1, -0.05) is 34.1 Å². The highest BCUT2D eigenvalue weighted by Crippen LogP contribution is 2.23. The van der Waals surface area contributed by atoms with Gasteiger partial charge in [-0.2, -0.15) is 5.26 Å². The first-order chi connectivity index (χ1) is 9.22. The number of nitrogens with two attached hydrogens (primary N) is 1. The third-order valence-electron chi connectivity index (χ3n) is 2.70. The first-order valence-electron chi connectivity index (χ1n) is 5.85. The maximum Gasteiger partial charge on any atom is 0.136 e. The van der Waals surface area contributed by atoms with Gasteiger partial charge in [0.25, 0.3) is 0 Å². The lowest BCUT2D eigenvalue weighted by Gasteiger charge is -2.18. The fourth-order valence-corrected chi connectivity index (χ4v) is 2.00. The normalized spacial score (nSPS) is 11.6. The number of nitriles is 1. The van der Waals surface area contributed by atoms with Crippen molar-refractivity contribution in [2.24, 2.45) is 5.73 Å². The molecule has 19 heavy (non-hydrogen) atoms. The fraction of sp³-hybridized carbons (Fsp3) is 0.133. The summed E-state index contributed by atoms with van der Waals surface area (Å²) in [4.78, 5) is 0. The van der Waals surface area contributed by atoms with Gasteiger partial charge in [-0.15, -0.1) is 0 Å². The van der Waals surface area contributed by atoms with Crippen LogP contribution < -0.4 is 10.5 Å². The molecule has 0 aliphatic heterocycles. The van der Waals surface area contributed by atoms with Crippen LogP contribution in [0.15, 0.2) is 53.0 Å². The van der Waals surface area contributed by atoms with Crippen molar-refractivity contribution in [3.63, 3.8) is 0 Å². The number of ether oxygens (including phenoxy) is 1. The Labute approximate surface area is 120 Å². The van der Waals surface area contributed by atoms with Crippen molar-refractivity contribution in [3.05, 3.63) is 64.1 Å².